The SMILES string of the molecule is Cn1nnc2cc(C(=O)N3CCC[C@H]4c5ccccc5C[C@H]43)ccc21. The molecule has 2 aromatic carbocycles. The van der Waals surface area contributed by atoms with Gasteiger partial charge in [0.2, 0.25) is 0 Å². The topological polar surface area (TPSA) is 51.0 Å². The van der Waals surface area contributed by atoms with Gasteiger partial charge in [-0.2, -0.15) is 0 Å². The van der Waals surface area contributed by atoms with Gasteiger partial charge in [-0.05, 0) is 48.6 Å². The summed E-state index contributed by atoms with van der Waals surface area (Å²) in [5, 5.41) is 8.18. The molecule has 5 heteroatoms. The zero-order chi connectivity index (χ0) is 17.0. The van der Waals surface area contributed by atoms with Crippen LogP contribution in [-0.2, 0) is 13.5 Å². The van der Waals surface area contributed by atoms with Gasteiger partial charge in [0.1, 0.15) is 5.52 Å². The number of carbonyl (C=O) groups excluding carboxylic acids is 1. The lowest BCUT2D eigenvalue weighted by molar-refractivity contribution is 0.0595. The predicted octanol–water partition coefficient (Wildman–Crippen LogP) is 2.91. The smallest absolute Gasteiger partial charge is 0.254 e. The van der Waals surface area contributed by atoms with Crippen LogP contribution in [0.1, 0.15) is 40.2 Å². The quantitative estimate of drug-likeness (QED) is 0.688. The molecule has 2 heterocycles. The van der Waals surface area contributed by atoms with E-state index in [0.717, 1.165) is 30.4 Å². The van der Waals surface area contributed by atoms with Crippen LogP contribution < -0.4 is 0 Å². The average molecular weight is 332 g/mol. The minimum absolute atomic E-state index is 0.120. The Morgan fingerprint density at radius 1 is 1.20 bits per heavy atom. The molecule has 1 saturated heterocycles. The fourth-order valence-electron chi connectivity index (χ4n) is 4.57. The maximum Gasteiger partial charge on any atom is 0.254 e. The van der Waals surface area contributed by atoms with E-state index in [2.05, 4.69) is 39.5 Å². The predicted molar refractivity (Wildman–Crippen MR) is 95.5 cm³/mol. The number of amides is 1. The number of fused-ring (bicyclic) bond motifs is 4. The van der Waals surface area contributed by atoms with Crippen LogP contribution in [0.15, 0.2) is 42.5 Å². The van der Waals surface area contributed by atoms with E-state index in [-0.39, 0.29) is 11.9 Å². The number of rotatable bonds is 1. The number of nitrogens with zero attached hydrogens (tertiary/aromatic N) is 4. The van der Waals surface area contributed by atoms with Crippen molar-refractivity contribution < 1.29 is 4.79 Å². The van der Waals surface area contributed by atoms with Crippen molar-refractivity contribution in [2.75, 3.05) is 6.54 Å². The Labute approximate surface area is 146 Å². The molecule has 0 radical (unpaired) electrons. The van der Waals surface area contributed by atoms with Crippen LogP contribution in [0.2, 0.25) is 0 Å². The molecule has 0 bridgehead atoms. The highest BCUT2D eigenvalue weighted by atomic mass is 16.2. The van der Waals surface area contributed by atoms with E-state index >= 15 is 0 Å². The molecule has 0 saturated carbocycles. The molecule has 1 aliphatic heterocycles. The van der Waals surface area contributed by atoms with Gasteiger partial charge < -0.3 is 4.90 Å². The second-order valence-electron chi connectivity index (χ2n) is 7.13. The Morgan fingerprint density at radius 3 is 3.00 bits per heavy atom. The number of aryl methyl sites for hydroxylation is 1. The van der Waals surface area contributed by atoms with E-state index < -0.39 is 0 Å². The van der Waals surface area contributed by atoms with Crippen molar-refractivity contribution in [1.82, 2.24) is 19.9 Å². The maximum absolute atomic E-state index is 13.2. The lowest BCUT2D eigenvalue weighted by Gasteiger charge is -2.38. The van der Waals surface area contributed by atoms with Crippen molar-refractivity contribution in [2.45, 2.75) is 31.2 Å². The molecule has 25 heavy (non-hydrogen) atoms. The van der Waals surface area contributed by atoms with Crippen molar-refractivity contribution >= 4 is 16.9 Å². The Hall–Kier alpha value is -2.69. The molecule has 5 rings (SSSR count). The van der Waals surface area contributed by atoms with Gasteiger partial charge in [0.05, 0.1) is 5.52 Å². The van der Waals surface area contributed by atoms with Crippen molar-refractivity contribution in [1.29, 1.82) is 0 Å². The van der Waals surface area contributed by atoms with Crippen molar-refractivity contribution in [3.8, 4) is 0 Å². The molecule has 1 aromatic heterocycles. The number of hydrogen-bond acceptors (Lipinski definition) is 3. The normalized spacial score (nSPS) is 22.0. The number of likely N-dealkylation sites (tertiary alicyclic amines) is 1. The second-order valence-corrected chi connectivity index (χ2v) is 7.13. The van der Waals surface area contributed by atoms with Crippen LogP contribution in [0.5, 0.6) is 0 Å². The molecule has 1 amide bonds. The molecule has 0 spiro atoms. The monoisotopic (exact) mass is 332 g/mol. The summed E-state index contributed by atoms with van der Waals surface area (Å²) >= 11 is 0. The number of hydrogen-bond donors (Lipinski definition) is 0. The molecule has 0 unspecified atom stereocenters. The molecule has 5 nitrogen and oxygen atoms in total. The Kier molecular flexibility index (Phi) is 3.17. The largest absolute Gasteiger partial charge is 0.335 e. The summed E-state index contributed by atoms with van der Waals surface area (Å²) in [6.07, 6.45) is 3.21. The van der Waals surface area contributed by atoms with E-state index in [9.17, 15) is 4.79 Å². The van der Waals surface area contributed by atoms with Crippen molar-refractivity contribution in [3.63, 3.8) is 0 Å². The summed E-state index contributed by atoms with van der Waals surface area (Å²) in [5.41, 5.74) is 5.28. The highest BCUT2D eigenvalue weighted by molar-refractivity contribution is 5.97. The molecule has 1 fully saturated rings. The van der Waals surface area contributed by atoms with Gasteiger partial charge in [-0.15, -0.1) is 5.10 Å². The molecule has 1 aliphatic carbocycles. The molecule has 2 atom stereocenters. The molecular weight excluding hydrogens is 312 g/mol. The highest BCUT2D eigenvalue weighted by Crippen LogP contribution is 2.42. The van der Waals surface area contributed by atoms with E-state index in [1.807, 2.05) is 25.2 Å². The van der Waals surface area contributed by atoms with Crippen LogP contribution >= 0.6 is 0 Å². The third-order valence-corrected chi connectivity index (χ3v) is 5.78. The number of piperidine rings is 1. The fraction of sp³-hybridized carbons (Fsp3) is 0.350. The van der Waals surface area contributed by atoms with Gasteiger partial charge in [0.15, 0.2) is 0 Å². The van der Waals surface area contributed by atoms with Crippen LogP contribution in [0.25, 0.3) is 11.0 Å². The molecule has 2 aliphatic rings. The number of carbonyl (C=O) groups is 1. The van der Waals surface area contributed by atoms with E-state index in [4.69, 9.17) is 0 Å². The van der Waals surface area contributed by atoms with Crippen molar-refractivity contribution in [2.24, 2.45) is 7.05 Å². The Bertz CT molecular complexity index is 977. The lowest BCUT2D eigenvalue weighted by atomic mass is 9.88. The minimum atomic E-state index is 0.120. The van der Waals surface area contributed by atoms with Crippen molar-refractivity contribution in [3.05, 3.63) is 59.2 Å². The Morgan fingerprint density at radius 2 is 2.08 bits per heavy atom. The van der Waals surface area contributed by atoms with Gasteiger partial charge in [0, 0.05) is 31.1 Å². The van der Waals surface area contributed by atoms with Crippen LogP contribution in [0, 0.1) is 0 Å². The first-order valence-electron chi connectivity index (χ1n) is 8.90. The first-order chi connectivity index (χ1) is 12.2. The zero-order valence-electron chi connectivity index (χ0n) is 14.2. The standard InChI is InChI=1S/C20H20N4O/c1-23-18-9-8-14(11-17(18)21-22-23)20(25)24-10-4-7-16-15-6-3-2-5-13(15)12-19(16)24/h2-3,5-6,8-9,11,16,19H,4,7,10,12H2,1H3/t16-,19+/m0/s1. The van der Waals surface area contributed by atoms with Gasteiger partial charge in [0.25, 0.3) is 5.91 Å². The summed E-state index contributed by atoms with van der Waals surface area (Å²) < 4.78 is 1.73. The lowest BCUT2D eigenvalue weighted by Crippen LogP contribution is -2.46. The van der Waals surface area contributed by atoms with E-state index in [0.29, 0.717) is 11.5 Å². The summed E-state index contributed by atoms with van der Waals surface area (Å²) in [6, 6.07) is 14.7. The third kappa shape index (κ3) is 2.18. The molecule has 126 valence electrons. The van der Waals surface area contributed by atoms with E-state index in [1.54, 1.807) is 4.68 Å². The first kappa shape index (κ1) is 14.6. The fourth-order valence-corrected chi connectivity index (χ4v) is 4.57. The Balaban J connectivity index is 1.48. The van der Waals surface area contributed by atoms with Crippen LogP contribution in [0.4, 0.5) is 0 Å². The summed E-state index contributed by atoms with van der Waals surface area (Å²) in [4.78, 5) is 15.3. The summed E-state index contributed by atoms with van der Waals surface area (Å²) in [5.74, 6) is 0.601. The third-order valence-electron chi connectivity index (χ3n) is 5.78. The molecule has 0 N–H and O–H groups in total. The first-order valence-corrected chi connectivity index (χ1v) is 8.90. The van der Waals surface area contributed by atoms with Gasteiger partial charge in [-0.25, -0.2) is 4.68 Å². The van der Waals surface area contributed by atoms with Gasteiger partial charge in [-0.3, -0.25) is 4.79 Å². The molecular formula is C20H20N4O. The number of benzene rings is 2. The van der Waals surface area contributed by atoms with Gasteiger partial charge >= 0.3 is 0 Å². The maximum atomic E-state index is 13.2. The summed E-state index contributed by atoms with van der Waals surface area (Å²) in [6.45, 7) is 0.840. The zero-order valence-corrected chi connectivity index (χ0v) is 14.2. The highest BCUT2D eigenvalue weighted by Gasteiger charge is 2.40. The van der Waals surface area contributed by atoms with Gasteiger partial charge in [-0.1, -0.05) is 29.5 Å². The van der Waals surface area contributed by atoms with E-state index in [1.165, 1.54) is 17.5 Å². The minimum Gasteiger partial charge on any atom is -0.335 e. The summed E-state index contributed by atoms with van der Waals surface area (Å²) in [7, 11) is 1.86. The van der Waals surface area contributed by atoms with Crippen LogP contribution in [0.3, 0.4) is 0 Å². The molecule has 3 aromatic rings. The van der Waals surface area contributed by atoms with Crippen LogP contribution in [-0.4, -0.2) is 38.4 Å². The second kappa shape index (κ2) is 5.41. The average Bonchev–Trinajstić information content (AvgIpc) is 3.21. The number of aromatic nitrogens is 3.